The van der Waals surface area contributed by atoms with Crippen LogP contribution in [0.5, 0.6) is 0 Å². The van der Waals surface area contributed by atoms with E-state index in [0.717, 1.165) is 58.5 Å². The van der Waals surface area contributed by atoms with Crippen LogP contribution in [0.15, 0.2) is 11.6 Å². The van der Waals surface area contributed by atoms with Crippen molar-refractivity contribution in [2.45, 2.75) is 90.6 Å². The smallest absolute Gasteiger partial charge is 0.376 e. The molecule has 0 aromatic rings. The van der Waals surface area contributed by atoms with Crippen LogP contribution in [0.25, 0.3) is 0 Å². The molecule has 0 aromatic heterocycles. The van der Waals surface area contributed by atoms with Gasteiger partial charge in [0.1, 0.15) is 0 Å². The number of aliphatic hydroxyl groups is 1. The van der Waals surface area contributed by atoms with Gasteiger partial charge in [-0.3, -0.25) is 0 Å². The van der Waals surface area contributed by atoms with Gasteiger partial charge in [-0.25, -0.2) is 4.79 Å². The van der Waals surface area contributed by atoms with E-state index in [4.69, 9.17) is 0 Å². The molecule has 0 saturated heterocycles. The first-order chi connectivity index (χ1) is 14.0. The van der Waals surface area contributed by atoms with Crippen molar-refractivity contribution in [1.82, 2.24) is 0 Å². The van der Waals surface area contributed by atoms with Crippen LogP contribution in [0.4, 0.5) is 8.78 Å². The van der Waals surface area contributed by atoms with Crippen molar-refractivity contribution < 1.29 is 23.4 Å². The van der Waals surface area contributed by atoms with Gasteiger partial charge in [-0.2, -0.15) is 8.78 Å². The average molecular weight is 425 g/mol. The monoisotopic (exact) mass is 424 g/mol. The zero-order chi connectivity index (χ0) is 21.9. The molecule has 3 nitrogen and oxygen atoms in total. The summed E-state index contributed by atoms with van der Waals surface area (Å²) in [5.41, 5.74) is 1.74. The Morgan fingerprint density at radius 3 is 2.67 bits per heavy atom. The zero-order valence-corrected chi connectivity index (χ0v) is 18.9. The summed E-state index contributed by atoms with van der Waals surface area (Å²) < 4.78 is 32.9. The third-order valence-electron chi connectivity index (χ3n) is 9.90. The van der Waals surface area contributed by atoms with Gasteiger partial charge >= 0.3 is 11.9 Å². The van der Waals surface area contributed by atoms with E-state index >= 15 is 0 Å². The highest BCUT2D eigenvalue weighted by Crippen LogP contribution is 2.67. The maximum atomic E-state index is 14.3. The first-order valence-corrected chi connectivity index (χ1v) is 11.9. The number of alkyl halides is 2. The van der Waals surface area contributed by atoms with Gasteiger partial charge in [0.05, 0.1) is 13.2 Å². The number of carbonyl (C=O) groups is 1. The van der Waals surface area contributed by atoms with Crippen molar-refractivity contribution in [1.29, 1.82) is 0 Å². The Balaban J connectivity index is 1.53. The Morgan fingerprint density at radius 1 is 1.23 bits per heavy atom. The van der Waals surface area contributed by atoms with E-state index in [1.54, 1.807) is 0 Å². The second kappa shape index (κ2) is 7.56. The van der Waals surface area contributed by atoms with Crippen LogP contribution in [-0.2, 0) is 9.53 Å². The third-order valence-corrected chi connectivity index (χ3v) is 9.90. The van der Waals surface area contributed by atoms with E-state index < -0.39 is 18.3 Å². The van der Waals surface area contributed by atoms with Crippen molar-refractivity contribution in [2.24, 2.45) is 40.4 Å². The Hall–Kier alpha value is -0.970. The quantitative estimate of drug-likeness (QED) is 0.461. The molecule has 0 bridgehead atoms. The summed E-state index contributed by atoms with van der Waals surface area (Å²) in [5.74, 6) is -2.96. The number of esters is 1. The van der Waals surface area contributed by atoms with Gasteiger partial charge < -0.3 is 9.84 Å². The number of allylic oxidation sites excluding steroid dienone is 1. The van der Waals surface area contributed by atoms with Gasteiger partial charge in [-0.15, -0.1) is 0 Å². The fraction of sp³-hybridized carbons (Fsp3) is 0.880. The first-order valence-electron chi connectivity index (χ1n) is 11.9. The molecule has 4 aliphatic rings. The maximum absolute atomic E-state index is 14.3. The molecule has 1 N–H and O–H groups in total. The summed E-state index contributed by atoms with van der Waals surface area (Å²) in [7, 11) is 1.03. The topological polar surface area (TPSA) is 46.5 Å². The van der Waals surface area contributed by atoms with Crippen molar-refractivity contribution >= 4 is 5.97 Å². The summed E-state index contributed by atoms with van der Waals surface area (Å²) in [6.45, 7) is 6.66. The van der Waals surface area contributed by atoms with Crippen LogP contribution in [0, 0.1) is 40.4 Å². The van der Waals surface area contributed by atoms with Crippen LogP contribution in [0.3, 0.4) is 0 Å². The fourth-order valence-corrected chi connectivity index (χ4v) is 8.40. The molecule has 4 aliphatic carbocycles. The number of hydrogen-bond acceptors (Lipinski definition) is 3. The molecule has 8 atom stereocenters. The van der Waals surface area contributed by atoms with Crippen molar-refractivity contribution in [3.63, 3.8) is 0 Å². The minimum atomic E-state index is -3.40. The normalized spacial score (nSPS) is 44.4. The molecular weight excluding hydrogens is 386 g/mol. The molecule has 3 fully saturated rings. The molecule has 0 radical (unpaired) electrons. The minimum Gasteiger partial charge on any atom is -0.465 e. The second-order valence-corrected chi connectivity index (χ2v) is 11.3. The Kier molecular flexibility index (Phi) is 5.61. The zero-order valence-electron chi connectivity index (χ0n) is 18.9. The number of rotatable bonds is 4. The van der Waals surface area contributed by atoms with Crippen LogP contribution >= 0.6 is 0 Å². The SMILES string of the molecule is COC(=O)C(F)(F)C[C@@H](C)[C@H]1CC[C@H]2[C@@H]3CC=C4C[C@@H](O)CC[C@]4(C)[C@H]3CC[C@]12C. The van der Waals surface area contributed by atoms with Gasteiger partial charge in [0.15, 0.2) is 0 Å². The molecule has 30 heavy (non-hydrogen) atoms. The number of fused-ring (bicyclic) bond motifs is 5. The summed E-state index contributed by atoms with van der Waals surface area (Å²) in [4.78, 5) is 11.5. The molecule has 4 rings (SSSR count). The molecule has 0 unspecified atom stereocenters. The second-order valence-electron chi connectivity index (χ2n) is 11.3. The van der Waals surface area contributed by atoms with Crippen LogP contribution < -0.4 is 0 Å². The largest absolute Gasteiger partial charge is 0.465 e. The Labute approximate surface area is 179 Å². The Morgan fingerprint density at radius 2 is 1.97 bits per heavy atom. The third kappa shape index (κ3) is 3.34. The summed E-state index contributed by atoms with van der Waals surface area (Å²) in [6, 6.07) is 0. The lowest BCUT2D eigenvalue weighted by Gasteiger charge is -2.58. The summed E-state index contributed by atoms with van der Waals surface area (Å²) >= 11 is 0. The molecule has 0 aromatic carbocycles. The van der Waals surface area contributed by atoms with E-state index in [-0.39, 0.29) is 28.8 Å². The number of ether oxygens (including phenoxy) is 1. The fourth-order valence-electron chi connectivity index (χ4n) is 8.40. The lowest BCUT2D eigenvalue weighted by Crippen LogP contribution is -2.51. The van der Waals surface area contributed by atoms with Gasteiger partial charge in [-0.1, -0.05) is 32.4 Å². The number of hydrogen-bond donors (Lipinski definition) is 1. The maximum Gasteiger partial charge on any atom is 0.376 e. The molecule has 0 amide bonds. The van der Waals surface area contributed by atoms with E-state index in [1.165, 1.54) is 5.57 Å². The Bertz CT molecular complexity index is 719. The molecule has 3 saturated carbocycles. The summed E-state index contributed by atoms with van der Waals surface area (Å²) in [6.07, 6.45) is 9.98. The van der Waals surface area contributed by atoms with Gasteiger partial charge in [0.25, 0.3) is 0 Å². The number of halogens is 2. The first kappa shape index (κ1) is 22.2. The average Bonchev–Trinajstić information content (AvgIpc) is 3.04. The van der Waals surface area contributed by atoms with Crippen molar-refractivity contribution in [3.8, 4) is 0 Å². The number of carbonyl (C=O) groups excluding carboxylic acids is 1. The van der Waals surface area contributed by atoms with E-state index in [0.29, 0.717) is 17.8 Å². The lowest BCUT2D eigenvalue weighted by atomic mass is 9.47. The van der Waals surface area contributed by atoms with E-state index in [1.807, 2.05) is 6.92 Å². The molecule has 0 spiro atoms. The van der Waals surface area contributed by atoms with Crippen LogP contribution in [-0.4, -0.2) is 30.2 Å². The highest BCUT2D eigenvalue weighted by atomic mass is 19.3. The van der Waals surface area contributed by atoms with Gasteiger partial charge in [0.2, 0.25) is 0 Å². The van der Waals surface area contributed by atoms with Crippen LogP contribution in [0.2, 0.25) is 0 Å². The molecular formula is C25H38F2O3. The van der Waals surface area contributed by atoms with E-state index in [2.05, 4.69) is 24.7 Å². The predicted molar refractivity (Wildman–Crippen MR) is 112 cm³/mol. The molecule has 0 heterocycles. The highest BCUT2D eigenvalue weighted by Gasteiger charge is 2.60. The number of methoxy groups -OCH3 is 1. The molecule has 170 valence electrons. The van der Waals surface area contributed by atoms with Crippen LogP contribution in [0.1, 0.15) is 78.6 Å². The highest BCUT2D eigenvalue weighted by molar-refractivity contribution is 5.77. The van der Waals surface area contributed by atoms with Gasteiger partial charge in [0, 0.05) is 6.42 Å². The lowest BCUT2D eigenvalue weighted by molar-refractivity contribution is -0.172. The van der Waals surface area contributed by atoms with Gasteiger partial charge in [-0.05, 0) is 91.8 Å². The van der Waals surface area contributed by atoms with Crippen molar-refractivity contribution in [2.75, 3.05) is 7.11 Å². The van der Waals surface area contributed by atoms with E-state index in [9.17, 15) is 18.7 Å². The molecule has 5 heteroatoms. The predicted octanol–water partition coefficient (Wildman–Crippen LogP) is 5.76. The standard InChI is InChI=1S/C25H38F2O3/c1-15(14-25(26,27)22(29)30-4)19-7-8-20-18-6-5-16-13-17(28)9-11-23(16,2)21(18)10-12-24(19,20)3/h5,15,17-21,28H,6-14H2,1-4H3/t15-,17+,18+,19-,20+,21+,23+,24-/m1/s1. The molecule has 0 aliphatic heterocycles. The van der Waals surface area contributed by atoms with Crippen molar-refractivity contribution in [3.05, 3.63) is 11.6 Å². The summed E-state index contributed by atoms with van der Waals surface area (Å²) in [5, 5.41) is 10.2. The number of aliphatic hydroxyl groups excluding tert-OH is 1. The minimum absolute atomic E-state index is 0.0721.